The summed E-state index contributed by atoms with van der Waals surface area (Å²) in [5.41, 5.74) is 0.849. The van der Waals surface area contributed by atoms with Crippen molar-refractivity contribution < 1.29 is 17.6 Å². The number of aromatic nitrogens is 3. The molecule has 1 aromatic rings. The first-order valence-electron chi connectivity index (χ1n) is 5.57. The first kappa shape index (κ1) is 13.9. The van der Waals surface area contributed by atoms with Gasteiger partial charge < -0.3 is 0 Å². The summed E-state index contributed by atoms with van der Waals surface area (Å²) >= 11 is 0. The van der Waals surface area contributed by atoms with Gasteiger partial charge >= 0.3 is 0 Å². The molecule has 0 saturated heterocycles. The maximum Gasteiger partial charge on any atom is 0.205 e. The fourth-order valence-electron chi connectivity index (χ4n) is 1.66. The summed E-state index contributed by atoms with van der Waals surface area (Å²) in [5.74, 6) is -0.590. The number of nitrogens with zero attached hydrogens (tertiary/aromatic N) is 3. The van der Waals surface area contributed by atoms with Crippen LogP contribution in [0.4, 0.5) is 4.39 Å². The Hall–Kier alpha value is -1.48. The zero-order chi connectivity index (χ0) is 14.4. The third-order valence-corrected chi connectivity index (χ3v) is 4.24. The Balaban J connectivity index is 2.35. The van der Waals surface area contributed by atoms with Gasteiger partial charge in [-0.25, -0.2) is 17.8 Å². The van der Waals surface area contributed by atoms with E-state index in [1.807, 2.05) is 0 Å². The zero-order valence-electron chi connectivity index (χ0n) is 11.1. The van der Waals surface area contributed by atoms with Crippen LogP contribution in [0, 0.1) is 6.92 Å². The normalized spacial score (nSPS) is 18.8. The summed E-state index contributed by atoms with van der Waals surface area (Å²) in [6.07, 6.45) is 0. The van der Waals surface area contributed by atoms with E-state index in [9.17, 15) is 12.8 Å². The highest BCUT2D eigenvalue weighted by Gasteiger charge is 2.41. The lowest BCUT2D eigenvalue weighted by molar-refractivity contribution is -0.0271. The maximum atomic E-state index is 13.9. The molecule has 2 rings (SSSR count). The molecule has 0 bridgehead atoms. The van der Waals surface area contributed by atoms with Crippen molar-refractivity contribution in [3.8, 4) is 0 Å². The van der Waals surface area contributed by atoms with Crippen molar-refractivity contribution in [3.05, 3.63) is 22.5 Å². The highest BCUT2D eigenvalue weighted by molar-refractivity contribution is 7.94. The summed E-state index contributed by atoms with van der Waals surface area (Å²) in [5, 5.41) is 3.41. The second-order valence-electron chi connectivity index (χ2n) is 4.82. The fourth-order valence-corrected chi connectivity index (χ4v) is 3.08. The summed E-state index contributed by atoms with van der Waals surface area (Å²) in [6.45, 7) is 4.52. The summed E-state index contributed by atoms with van der Waals surface area (Å²) in [6, 6.07) is 0. The quantitative estimate of drug-likeness (QED) is 0.872. The van der Waals surface area contributed by atoms with Crippen LogP contribution in [0.1, 0.15) is 25.5 Å². The first-order valence-corrected chi connectivity index (χ1v) is 7.22. The van der Waals surface area contributed by atoms with Gasteiger partial charge in [0.1, 0.15) is 23.0 Å². The largest absolute Gasteiger partial charge is 0.262 e. The minimum Gasteiger partial charge on any atom is -0.262 e. The molecule has 1 N–H and O–H groups in total. The molecule has 9 heteroatoms. The van der Waals surface area contributed by atoms with Gasteiger partial charge in [-0.05, 0) is 20.8 Å². The van der Waals surface area contributed by atoms with Crippen LogP contribution in [0.3, 0.4) is 0 Å². The Morgan fingerprint density at radius 2 is 2.11 bits per heavy atom. The van der Waals surface area contributed by atoms with Crippen LogP contribution in [-0.2, 0) is 27.5 Å². The molecule has 0 spiro atoms. The topological polar surface area (TPSA) is 86.1 Å². The van der Waals surface area contributed by atoms with Gasteiger partial charge in [-0.3, -0.25) is 15.0 Å². The van der Waals surface area contributed by atoms with E-state index >= 15 is 0 Å². The van der Waals surface area contributed by atoms with Gasteiger partial charge in [-0.1, -0.05) is 0 Å². The van der Waals surface area contributed by atoms with E-state index in [1.54, 1.807) is 14.0 Å². The van der Waals surface area contributed by atoms with Gasteiger partial charge in [0.05, 0.1) is 0 Å². The van der Waals surface area contributed by atoms with Crippen LogP contribution in [0.25, 0.3) is 0 Å². The smallest absolute Gasteiger partial charge is 0.205 e. The van der Waals surface area contributed by atoms with E-state index in [-0.39, 0.29) is 5.82 Å². The van der Waals surface area contributed by atoms with Crippen molar-refractivity contribution >= 4 is 9.84 Å². The van der Waals surface area contributed by atoms with Crippen molar-refractivity contribution in [2.24, 2.45) is 7.05 Å². The van der Waals surface area contributed by atoms with Gasteiger partial charge in [-0.2, -0.15) is 5.10 Å². The van der Waals surface area contributed by atoms with Crippen molar-refractivity contribution in [3.63, 3.8) is 0 Å². The number of sulfone groups is 1. The number of rotatable bonds is 3. The van der Waals surface area contributed by atoms with Crippen LogP contribution >= 0.6 is 0 Å². The predicted octanol–water partition coefficient (Wildman–Crippen LogP) is 0.490. The third kappa shape index (κ3) is 2.47. The molecular formula is C10H15FN4O3S. The summed E-state index contributed by atoms with van der Waals surface area (Å²) in [7, 11) is -2.32. The molecule has 0 fully saturated rings. The molecule has 2 heterocycles. The lowest BCUT2D eigenvalue weighted by Crippen LogP contribution is -2.23. The van der Waals surface area contributed by atoms with Crippen molar-refractivity contribution in [1.29, 1.82) is 0 Å². The molecule has 1 aromatic heterocycles. The van der Waals surface area contributed by atoms with Crippen molar-refractivity contribution in [1.82, 2.24) is 20.2 Å². The molecule has 0 atom stereocenters. The molecule has 0 unspecified atom stereocenters. The molecule has 1 aliphatic heterocycles. The minimum atomic E-state index is -3.90. The number of hydrogen-bond acceptors (Lipinski definition) is 6. The zero-order valence-corrected chi connectivity index (χ0v) is 11.9. The molecule has 1 aliphatic rings. The Bertz CT molecular complexity index is 648. The molecule has 0 saturated carbocycles. The molecule has 106 valence electrons. The van der Waals surface area contributed by atoms with Crippen LogP contribution in [0.2, 0.25) is 0 Å². The third-order valence-electron chi connectivity index (χ3n) is 2.72. The maximum absolute atomic E-state index is 13.9. The Morgan fingerprint density at radius 3 is 2.53 bits per heavy atom. The Kier molecular flexibility index (Phi) is 3.13. The number of hydroxylamine groups is 1. The molecule has 0 aromatic carbocycles. The fraction of sp³-hybridized carbons (Fsp3) is 0.600. The van der Waals surface area contributed by atoms with Gasteiger partial charge in [0.2, 0.25) is 9.84 Å². The summed E-state index contributed by atoms with van der Waals surface area (Å²) < 4.78 is 39.6. The van der Waals surface area contributed by atoms with Gasteiger partial charge in [0.15, 0.2) is 10.9 Å². The average Bonchev–Trinajstić information content (AvgIpc) is 2.69. The van der Waals surface area contributed by atoms with Crippen molar-refractivity contribution in [2.45, 2.75) is 32.1 Å². The van der Waals surface area contributed by atoms with E-state index < -0.39 is 32.0 Å². The molecule has 0 amide bonds. The number of halogens is 1. The molecular weight excluding hydrogens is 275 g/mol. The molecule has 0 radical (unpaired) electrons. The lowest BCUT2D eigenvalue weighted by Gasteiger charge is -2.12. The Morgan fingerprint density at radius 1 is 1.47 bits per heavy atom. The van der Waals surface area contributed by atoms with E-state index in [2.05, 4.69) is 15.6 Å². The number of aryl methyl sites for hydroxylation is 2. The monoisotopic (exact) mass is 290 g/mol. The predicted molar refractivity (Wildman–Crippen MR) is 64.8 cm³/mol. The summed E-state index contributed by atoms with van der Waals surface area (Å²) in [4.78, 5) is 8.89. The SMILES string of the molecule is Cc1nc(CS(=O)(=O)C2=C(F)C(C)(C)ON2)n(C)n1. The molecule has 7 nitrogen and oxygen atoms in total. The van der Waals surface area contributed by atoms with E-state index in [0.717, 1.165) is 0 Å². The van der Waals surface area contributed by atoms with Crippen LogP contribution < -0.4 is 5.48 Å². The highest BCUT2D eigenvalue weighted by atomic mass is 32.2. The van der Waals surface area contributed by atoms with E-state index in [0.29, 0.717) is 5.82 Å². The van der Waals surface area contributed by atoms with E-state index in [4.69, 9.17) is 4.84 Å². The van der Waals surface area contributed by atoms with Crippen molar-refractivity contribution in [2.75, 3.05) is 0 Å². The van der Waals surface area contributed by atoms with Gasteiger partial charge in [-0.15, -0.1) is 0 Å². The van der Waals surface area contributed by atoms with Crippen LogP contribution in [0.15, 0.2) is 10.9 Å². The second-order valence-corrected chi connectivity index (χ2v) is 6.74. The standard InChI is InChI=1S/C10H15FN4O3S/c1-6-12-7(15(4)13-6)5-19(16,17)9-8(11)10(2,3)18-14-9/h14H,5H2,1-4H3. The van der Waals surface area contributed by atoms with Crippen LogP contribution in [-0.4, -0.2) is 28.8 Å². The minimum absolute atomic E-state index is 0.240. The lowest BCUT2D eigenvalue weighted by atomic mass is 10.1. The number of nitrogens with one attached hydrogen (secondary N) is 1. The number of hydrogen-bond donors (Lipinski definition) is 1. The molecule has 19 heavy (non-hydrogen) atoms. The average molecular weight is 290 g/mol. The molecule has 0 aliphatic carbocycles. The highest BCUT2D eigenvalue weighted by Crippen LogP contribution is 2.32. The van der Waals surface area contributed by atoms with Crippen LogP contribution in [0.5, 0.6) is 0 Å². The van der Waals surface area contributed by atoms with Gasteiger partial charge in [0, 0.05) is 7.05 Å². The Labute approximate surface area is 110 Å². The second kappa shape index (κ2) is 4.27. The van der Waals surface area contributed by atoms with Gasteiger partial charge in [0.25, 0.3) is 0 Å². The first-order chi connectivity index (χ1) is 8.63. The van der Waals surface area contributed by atoms with E-state index in [1.165, 1.54) is 18.5 Å².